The third-order valence-electron chi connectivity index (χ3n) is 2.69. The molecular formula is C16H22FNO. The first-order chi connectivity index (χ1) is 8.97. The van der Waals surface area contributed by atoms with E-state index in [-0.39, 0.29) is 5.82 Å². The Morgan fingerprint density at radius 3 is 2.47 bits per heavy atom. The largest absolute Gasteiger partial charge is 0.370 e. The molecule has 0 aliphatic carbocycles. The molecule has 2 nitrogen and oxygen atoms in total. The smallest absolute Gasteiger partial charge is 0.144 e. The number of anilines is 1. The SMILES string of the molecule is CC(C)=CCC/C(C)=C/C(O)Nc1ccc(F)cc1. The fourth-order valence-electron chi connectivity index (χ4n) is 1.70. The summed E-state index contributed by atoms with van der Waals surface area (Å²) in [6, 6.07) is 5.93. The number of aliphatic hydroxyl groups excluding tert-OH is 1. The summed E-state index contributed by atoms with van der Waals surface area (Å²) < 4.78 is 12.7. The van der Waals surface area contributed by atoms with Crippen molar-refractivity contribution in [1.29, 1.82) is 0 Å². The van der Waals surface area contributed by atoms with Gasteiger partial charge in [-0.3, -0.25) is 0 Å². The molecule has 0 fully saturated rings. The first-order valence-electron chi connectivity index (χ1n) is 6.48. The molecule has 0 spiro atoms. The van der Waals surface area contributed by atoms with Crippen molar-refractivity contribution in [3.8, 4) is 0 Å². The van der Waals surface area contributed by atoms with Crippen molar-refractivity contribution in [3.05, 3.63) is 53.4 Å². The van der Waals surface area contributed by atoms with Gasteiger partial charge in [-0.2, -0.15) is 0 Å². The second-order valence-electron chi connectivity index (χ2n) is 4.93. The molecule has 19 heavy (non-hydrogen) atoms. The van der Waals surface area contributed by atoms with Crippen molar-refractivity contribution in [2.24, 2.45) is 0 Å². The maximum absolute atomic E-state index is 12.7. The van der Waals surface area contributed by atoms with E-state index in [0.29, 0.717) is 5.69 Å². The molecule has 0 bridgehead atoms. The molecule has 3 heteroatoms. The molecule has 1 rings (SSSR count). The van der Waals surface area contributed by atoms with Gasteiger partial charge in [-0.25, -0.2) is 4.39 Å². The average molecular weight is 263 g/mol. The lowest BCUT2D eigenvalue weighted by Gasteiger charge is -2.11. The minimum absolute atomic E-state index is 0.284. The van der Waals surface area contributed by atoms with Crippen LogP contribution in [0.1, 0.15) is 33.6 Å². The molecule has 0 heterocycles. The molecule has 0 aliphatic heterocycles. The molecule has 2 N–H and O–H groups in total. The van der Waals surface area contributed by atoms with Crippen LogP contribution in [0.15, 0.2) is 47.6 Å². The highest BCUT2D eigenvalue weighted by Gasteiger charge is 2.01. The molecule has 0 aliphatic rings. The molecule has 1 aromatic carbocycles. The minimum Gasteiger partial charge on any atom is -0.370 e. The maximum atomic E-state index is 12.7. The Morgan fingerprint density at radius 1 is 1.26 bits per heavy atom. The number of allylic oxidation sites excluding steroid dienone is 3. The van der Waals surface area contributed by atoms with Crippen LogP contribution in [0.4, 0.5) is 10.1 Å². The summed E-state index contributed by atoms with van der Waals surface area (Å²) in [5, 5.41) is 12.8. The van der Waals surface area contributed by atoms with E-state index in [1.807, 2.05) is 6.92 Å². The third kappa shape index (κ3) is 6.77. The van der Waals surface area contributed by atoms with Crippen LogP contribution in [0, 0.1) is 5.82 Å². The lowest BCUT2D eigenvalue weighted by molar-refractivity contribution is 0.251. The number of benzene rings is 1. The van der Waals surface area contributed by atoms with E-state index < -0.39 is 6.23 Å². The highest BCUT2D eigenvalue weighted by Crippen LogP contribution is 2.12. The average Bonchev–Trinajstić information content (AvgIpc) is 2.31. The van der Waals surface area contributed by atoms with Gasteiger partial charge in [-0.05, 0) is 64.0 Å². The first-order valence-corrected chi connectivity index (χ1v) is 6.48. The fourth-order valence-corrected chi connectivity index (χ4v) is 1.70. The van der Waals surface area contributed by atoms with Crippen LogP contribution >= 0.6 is 0 Å². The van der Waals surface area contributed by atoms with Crippen LogP contribution in [-0.4, -0.2) is 11.3 Å². The zero-order valence-corrected chi connectivity index (χ0v) is 11.8. The second-order valence-corrected chi connectivity index (χ2v) is 4.93. The van der Waals surface area contributed by atoms with Gasteiger partial charge in [0.05, 0.1) is 0 Å². The van der Waals surface area contributed by atoms with Gasteiger partial charge in [-0.1, -0.05) is 17.2 Å². The van der Waals surface area contributed by atoms with Crippen LogP contribution < -0.4 is 5.32 Å². The summed E-state index contributed by atoms with van der Waals surface area (Å²) in [7, 11) is 0. The monoisotopic (exact) mass is 263 g/mol. The summed E-state index contributed by atoms with van der Waals surface area (Å²) >= 11 is 0. The van der Waals surface area contributed by atoms with Crippen molar-refractivity contribution in [2.75, 3.05) is 5.32 Å². The quantitative estimate of drug-likeness (QED) is 0.594. The van der Waals surface area contributed by atoms with E-state index in [1.54, 1.807) is 18.2 Å². The molecule has 0 radical (unpaired) electrons. The third-order valence-corrected chi connectivity index (χ3v) is 2.69. The van der Waals surface area contributed by atoms with E-state index in [2.05, 4.69) is 25.2 Å². The van der Waals surface area contributed by atoms with Crippen molar-refractivity contribution in [3.63, 3.8) is 0 Å². The molecule has 0 aromatic heterocycles. The van der Waals surface area contributed by atoms with Gasteiger partial charge in [0.1, 0.15) is 12.0 Å². The standard InChI is InChI=1S/C16H22FNO/c1-12(2)5-4-6-13(3)11-16(19)18-15-9-7-14(17)8-10-15/h5,7-11,16,18-19H,4,6H2,1-3H3/b13-11+. The van der Waals surface area contributed by atoms with E-state index in [1.165, 1.54) is 17.7 Å². The summed E-state index contributed by atoms with van der Waals surface area (Å²) in [5.74, 6) is -0.284. The van der Waals surface area contributed by atoms with E-state index in [0.717, 1.165) is 18.4 Å². The molecule has 0 saturated carbocycles. The predicted octanol–water partition coefficient (Wildman–Crippen LogP) is 4.25. The molecule has 1 aromatic rings. The number of rotatable bonds is 6. The summed E-state index contributed by atoms with van der Waals surface area (Å²) in [6.07, 6.45) is 5.11. The van der Waals surface area contributed by atoms with Crippen LogP contribution in [0.3, 0.4) is 0 Å². The lowest BCUT2D eigenvalue weighted by atomic mass is 10.1. The highest BCUT2D eigenvalue weighted by molar-refractivity contribution is 5.44. The summed E-state index contributed by atoms with van der Waals surface area (Å²) in [4.78, 5) is 0. The Balaban J connectivity index is 2.46. The minimum atomic E-state index is -0.753. The van der Waals surface area contributed by atoms with Crippen LogP contribution in [0.25, 0.3) is 0 Å². The number of halogens is 1. The molecule has 0 amide bonds. The Kier molecular flexibility index (Phi) is 6.30. The number of nitrogens with one attached hydrogen (secondary N) is 1. The number of hydrogen-bond donors (Lipinski definition) is 2. The number of hydrogen-bond acceptors (Lipinski definition) is 2. The number of aliphatic hydroxyl groups is 1. The van der Waals surface area contributed by atoms with Gasteiger partial charge in [0.15, 0.2) is 0 Å². The fraction of sp³-hybridized carbons (Fsp3) is 0.375. The van der Waals surface area contributed by atoms with Crippen LogP contribution in [0.2, 0.25) is 0 Å². The predicted molar refractivity (Wildman–Crippen MR) is 78.5 cm³/mol. The Bertz CT molecular complexity index is 444. The maximum Gasteiger partial charge on any atom is 0.144 e. The van der Waals surface area contributed by atoms with Crippen molar-refractivity contribution >= 4 is 5.69 Å². The van der Waals surface area contributed by atoms with Crippen molar-refractivity contribution in [1.82, 2.24) is 0 Å². The van der Waals surface area contributed by atoms with Crippen molar-refractivity contribution in [2.45, 2.75) is 39.8 Å². The zero-order chi connectivity index (χ0) is 14.3. The highest BCUT2D eigenvalue weighted by atomic mass is 19.1. The van der Waals surface area contributed by atoms with E-state index in [4.69, 9.17) is 0 Å². The van der Waals surface area contributed by atoms with E-state index in [9.17, 15) is 9.50 Å². The molecule has 1 unspecified atom stereocenters. The normalized spacial score (nSPS) is 13.0. The Hall–Kier alpha value is -1.61. The van der Waals surface area contributed by atoms with Gasteiger partial charge in [0, 0.05) is 5.69 Å². The van der Waals surface area contributed by atoms with Gasteiger partial charge in [-0.15, -0.1) is 0 Å². The van der Waals surface area contributed by atoms with Gasteiger partial charge in [0.25, 0.3) is 0 Å². The first kappa shape index (κ1) is 15.4. The summed E-state index contributed by atoms with van der Waals surface area (Å²) in [6.45, 7) is 6.14. The Labute approximate surface area is 114 Å². The molecule has 104 valence electrons. The molecule has 0 saturated heterocycles. The molecular weight excluding hydrogens is 241 g/mol. The van der Waals surface area contributed by atoms with Gasteiger partial charge < -0.3 is 10.4 Å². The van der Waals surface area contributed by atoms with Crippen molar-refractivity contribution < 1.29 is 9.50 Å². The zero-order valence-electron chi connectivity index (χ0n) is 11.8. The molecule has 1 atom stereocenters. The lowest BCUT2D eigenvalue weighted by Crippen LogP contribution is -2.16. The van der Waals surface area contributed by atoms with Crippen LogP contribution in [-0.2, 0) is 0 Å². The van der Waals surface area contributed by atoms with Gasteiger partial charge in [0.2, 0.25) is 0 Å². The van der Waals surface area contributed by atoms with Gasteiger partial charge >= 0.3 is 0 Å². The summed E-state index contributed by atoms with van der Waals surface area (Å²) in [5.41, 5.74) is 3.12. The van der Waals surface area contributed by atoms with E-state index >= 15 is 0 Å². The second kappa shape index (κ2) is 7.74. The Morgan fingerprint density at radius 2 is 1.89 bits per heavy atom. The van der Waals surface area contributed by atoms with Crippen LogP contribution in [0.5, 0.6) is 0 Å². The topological polar surface area (TPSA) is 32.3 Å².